The van der Waals surface area contributed by atoms with Crippen LogP contribution in [0.3, 0.4) is 0 Å². The van der Waals surface area contributed by atoms with E-state index >= 15 is 0 Å². The Morgan fingerprint density at radius 1 is 0.933 bits per heavy atom. The lowest BCUT2D eigenvalue weighted by molar-refractivity contribution is 0.393. The summed E-state index contributed by atoms with van der Waals surface area (Å²) in [6.45, 7) is 6.52. The maximum atomic E-state index is 6.30. The fourth-order valence-corrected chi connectivity index (χ4v) is 1.80. The van der Waals surface area contributed by atoms with E-state index in [2.05, 4.69) is 45.0 Å². The third kappa shape index (κ3) is 3.35. The van der Waals surface area contributed by atoms with Gasteiger partial charge in [0.25, 0.3) is 0 Å². The first-order valence-corrected chi connectivity index (χ1v) is 6.00. The van der Waals surface area contributed by atoms with Gasteiger partial charge in [0.15, 0.2) is 0 Å². The second kappa shape index (κ2) is 5.32. The Bertz CT molecular complexity index is 283. The molecule has 0 saturated heterocycles. The van der Waals surface area contributed by atoms with Crippen LogP contribution in [0.1, 0.15) is 44.7 Å². The summed E-state index contributed by atoms with van der Waals surface area (Å²) in [4.78, 5) is 0. The number of nitrogens with two attached hydrogens (primary N) is 1. The summed E-state index contributed by atoms with van der Waals surface area (Å²) in [5, 5.41) is 0. The number of rotatable bonds is 5. The van der Waals surface area contributed by atoms with Crippen molar-refractivity contribution in [3.8, 4) is 0 Å². The highest BCUT2D eigenvalue weighted by atomic mass is 14.7. The molecule has 0 unspecified atom stereocenters. The molecule has 0 radical (unpaired) electrons. The molecule has 1 heteroatoms. The van der Waals surface area contributed by atoms with Crippen LogP contribution in [0.5, 0.6) is 0 Å². The Labute approximate surface area is 93.7 Å². The minimum absolute atomic E-state index is 0.0201. The summed E-state index contributed by atoms with van der Waals surface area (Å²) >= 11 is 0. The molecule has 0 fully saturated rings. The van der Waals surface area contributed by atoms with Gasteiger partial charge >= 0.3 is 0 Å². The number of aryl methyl sites for hydroxylation is 1. The Kier molecular flexibility index (Phi) is 4.34. The van der Waals surface area contributed by atoms with Gasteiger partial charge in [0.1, 0.15) is 0 Å². The quantitative estimate of drug-likeness (QED) is 0.784. The van der Waals surface area contributed by atoms with Crippen molar-refractivity contribution in [2.24, 2.45) is 5.73 Å². The van der Waals surface area contributed by atoms with E-state index in [9.17, 15) is 0 Å². The van der Waals surface area contributed by atoms with Crippen LogP contribution in [0.4, 0.5) is 0 Å². The van der Waals surface area contributed by atoms with Gasteiger partial charge in [-0.3, -0.25) is 0 Å². The molecule has 0 aliphatic heterocycles. The van der Waals surface area contributed by atoms with Crippen LogP contribution < -0.4 is 5.73 Å². The summed E-state index contributed by atoms with van der Waals surface area (Å²) in [6, 6.07) is 8.85. The maximum absolute atomic E-state index is 6.30. The fourth-order valence-electron chi connectivity index (χ4n) is 1.80. The van der Waals surface area contributed by atoms with E-state index in [-0.39, 0.29) is 5.54 Å². The molecule has 0 atom stereocenters. The summed E-state index contributed by atoms with van der Waals surface area (Å²) < 4.78 is 0. The molecule has 0 aliphatic carbocycles. The first-order valence-electron chi connectivity index (χ1n) is 6.00. The van der Waals surface area contributed by atoms with E-state index in [1.54, 1.807) is 0 Å². The maximum Gasteiger partial charge on any atom is 0.0189 e. The zero-order chi connectivity index (χ0) is 11.3. The summed E-state index contributed by atoms with van der Waals surface area (Å²) in [5.41, 5.74) is 9.04. The first kappa shape index (κ1) is 12.3. The van der Waals surface area contributed by atoms with Gasteiger partial charge in [-0.2, -0.15) is 0 Å². The highest BCUT2D eigenvalue weighted by Crippen LogP contribution is 2.18. The van der Waals surface area contributed by atoms with Gasteiger partial charge in [0, 0.05) is 5.54 Å². The Morgan fingerprint density at radius 2 is 1.40 bits per heavy atom. The van der Waals surface area contributed by atoms with Crippen LogP contribution in [0.15, 0.2) is 24.3 Å². The highest BCUT2D eigenvalue weighted by Gasteiger charge is 2.20. The minimum atomic E-state index is -0.0201. The molecule has 0 spiro atoms. The molecule has 1 rings (SSSR count). The van der Waals surface area contributed by atoms with Gasteiger partial charge in [0.2, 0.25) is 0 Å². The van der Waals surface area contributed by atoms with Crippen molar-refractivity contribution in [1.29, 1.82) is 0 Å². The average Bonchev–Trinajstić information content (AvgIpc) is 2.30. The van der Waals surface area contributed by atoms with E-state index in [4.69, 9.17) is 5.73 Å². The van der Waals surface area contributed by atoms with Crippen LogP contribution in [-0.4, -0.2) is 5.54 Å². The second-order valence-electron chi connectivity index (χ2n) is 4.42. The normalized spacial score (nSPS) is 11.7. The van der Waals surface area contributed by atoms with Gasteiger partial charge in [-0.15, -0.1) is 0 Å². The van der Waals surface area contributed by atoms with Crippen molar-refractivity contribution in [3.05, 3.63) is 35.4 Å². The Balaban J connectivity index is 2.71. The molecule has 0 aliphatic rings. The zero-order valence-corrected chi connectivity index (χ0v) is 10.2. The molecule has 84 valence electrons. The third-order valence-electron chi connectivity index (χ3n) is 3.40. The molecule has 0 amide bonds. The van der Waals surface area contributed by atoms with Crippen LogP contribution >= 0.6 is 0 Å². The topological polar surface area (TPSA) is 26.0 Å². The SMILES string of the molecule is CCc1ccc(CC(N)(CC)CC)cc1. The van der Waals surface area contributed by atoms with Gasteiger partial charge in [0.05, 0.1) is 0 Å². The zero-order valence-electron chi connectivity index (χ0n) is 10.2. The van der Waals surface area contributed by atoms with Crippen LogP contribution in [0.2, 0.25) is 0 Å². The molecule has 0 bridgehead atoms. The lowest BCUT2D eigenvalue weighted by Gasteiger charge is -2.26. The third-order valence-corrected chi connectivity index (χ3v) is 3.40. The minimum Gasteiger partial charge on any atom is -0.325 e. The van der Waals surface area contributed by atoms with Crippen molar-refractivity contribution in [2.45, 2.75) is 52.0 Å². The van der Waals surface area contributed by atoms with Crippen LogP contribution in [-0.2, 0) is 12.8 Å². The molecule has 1 aromatic rings. The second-order valence-corrected chi connectivity index (χ2v) is 4.42. The molecule has 0 saturated carbocycles. The highest BCUT2D eigenvalue weighted by molar-refractivity contribution is 5.24. The van der Waals surface area contributed by atoms with Crippen molar-refractivity contribution >= 4 is 0 Å². The van der Waals surface area contributed by atoms with Crippen LogP contribution in [0.25, 0.3) is 0 Å². The molecule has 1 nitrogen and oxygen atoms in total. The van der Waals surface area contributed by atoms with Crippen molar-refractivity contribution < 1.29 is 0 Å². The average molecular weight is 205 g/mol. The molecule has 2 N–H and O–H groups in total. The Morgan fingerprint density at radius 3 is 1.80 bits per heavy atom. The van der Waals surface area contributed by atoms with Crippen molar-refractivity contribution in [2.75, 3.05) is 0 Å². The van der Waals surface area contributed by atoms with Gasteiger partial charge in [-0.1, -0.05) is 45.0 Å². The van der Waals surface area contributed by atoms with Gasteiger partial charge < -0.3 is 5.73 Å². The van der Waals surface area contributed by atoms with Crippen LogP contribution in [0, 0.1) is 0 Å². The predicted molar refractivity (Wildman–Crippen MR) is 67.0 cm³/mol. The molecule has 0 aromatic heterocycles. The molecule has 1 aromatic carbocycles. The summed E-state index contributed by atoms with van der Waals surface area (Å²) in [5.74, 6) is 0. The van der Waals surface area contributed by atoms with E-state index < -0.39 is 0 Å². The number of hydrogen-bond donors (Lipinski definition) is 1. The van der Waals surface area contributed by atoms with Crippen molar-refractivity contribution in [3.63, 3.8) is 0 Å². The van der Waals surface area contributed by atoms with Gasteiger partial charge in [-0.05, 0) is 36.8 Å². The van der Waals surface area contributed by atoms with E-state index in [0.717, 1.165) is 25.7 Å². The molecule has 15 heavy (non-hydrogen) atoms. The predicted octanol–water partition coefficient (Wildman–Crippen LogP) is 3.31. The van der Waals surface area contributed by atoms with Crippen molar-refractivity contribution in [1.82, 2.24) is 0 Å². The van der Waals surface area contributed by atoms with E-state index in [0.29, 0.717) is 0 Å². The number of benzene rings is 1. The summed E-state index contributed by atoms with van der Waals surface area (Å²) in [7, 11) is 0. The van der Waals surface area contributed by atoms with E-state index in [1.165, 1.54) is 11.1 Å². The van der Waals surface area contributed by atoms with Gasteiger partial charge in [-0.25, -0.2) is 0 Å². The fraction of sp³-hybridized carbons (Fsp3) is 0.571. The lowest BCUT2D eigenvalue weighted by Crippen LogP contribution is -2.40. The number of hydrogen-bond acceptors (Lipinski definition) is 1. The smallest absolute Gasteiger partial charge is 0.0189 e. The van der Waals surface area contributed by atoms with E-state index in [1.807, 2.05) is 0 Å². The molecular formula is C14H23N. The summed E-state index contributed by atoms with van der Waals surface area (Å²) in [6.07, 6.45) is 4.18. The standard InChI is InChI=1S/C14H23N/c1-4-12-7-9-13(10-8-12)11-14(15,5-2)6-3/h7-10H,4-6,11,15H2,1-3H3. The lowest BCUT2D eigenvalue weighted by atomic mass is 9.86. The Hall–Kier alpha value is -0.820. The molecular weight excluding hydrogens is 182 g/mol. The first-order chi connectivity index (χ1) is 7.13. The monoisotopic (exact) mass is 205 g/mol. The largest absolute Gasteiger partial charge is 0.325 e. The molecule has 0 heterocycles.